The van der Waals surface area contributed by atoms with Gasteiger partial charge in [-0.25, -0.2) is 4.57 Å². The predicted octanol–water partition coefficient (Wildman–Crippen LogP) is 1.07. The van der Waals surface area contributed by atoms with Crippen molar-refractivity contribution in [3.05, 3.63) is 0 Å². The van der Waals surface area contributed by atoms with E-state index in [9.17, 15) is 9.36 Å². The van der Waals surface area contributed by atoms with Crippen LogP contribution in [0.4, 0.5) is 0 Å². The third kappa shape index (κ3) is 7.50. The summed E-state index contributed by atoms with van der Waals surface area (Å²) in [5.41, 5.74) is 0. The molecule has 0 heterocycles. The van der Waals surface area contributed by atoms with E-state index < -0.39 is 19.9 Å². The van der Waals surface area contributed by atoms with E-state index in [0.29, 0.717) is 6.42 Å². The molecule has 0 radical (unpaired) electrons. The van der Waals surface area contributed by atoms with Crippen molar-refractivity contribution >= 4 is 13.8 Å². The van der Waals surface area contributed by atoms with Gasteiger partial charge in [0.05, 0.1) is 5.92 Å². The monoisotopic (exact) mass is 240 g/mol. The molecule has 0 aliphatic rings. The fourth-order valence-electron chi connectivity index (χ4n) is 0.773. The minimum absolute atomic E-state index is 0.158. The SMILES string of the molecule is CCC(C)C(=O)OCC(C)OP(=O)(O)O. The lowest BCUT2D eigenvalue weighted by molar-refractivity contribution is -0.150. The van der Waals surface area contributed by atoms with Crippen LogP contribution in [0.15, 0.2) is 0 Å². The van der Waals surface area contributed by atoms with Gasteiger partial charge in [-0.2, -0.15) is 0 Å². The fraction of sp³-hybridized carbons (Fsp3) is 0.875. The second kappa shape index (κ2) is 6.23. The van der Waals surface area contributed by atoms with E-state index in [1.54, 1.807) is 6.92 Å². The Bertz CT molecular complexity index is 248. The third-order valence-corrected chi connectivity index (χ3v) is 2.43. The van der Waals surface area contributed by atoms with Crippen molar-refractivity contribution in [1.82, 2.24) is 0 Å². The fourth-order valence-corrected chi connectivity index (χ4v) is 1.30. The molecule has 2 unspecified atom stereocenters. The van der Waals surface area contributed by atoms with E-state index in [1.807, 2.05) is 6.92 Å². The second-order valence-electron chi connectivity index (χ2n) is 3.35. The Morgan fingerprint density at radius 1 is 1.40 bits per heavy atom. The number of carbonyl (C=O) groups is 1. The lowest BCUT2D eigenvalue weighted by atomic mass is 10.1. The third-order valence-electron chi connectivity index (χ3n) is 1.79. The molecule has 0 amide bonds. The maximum absolute atomic E-state index is 11.2. The molecule has 0 saturated carbocycles. The normalized spacial score (nSPS) is 15.8. The summed E-state index contributed by atoms with van der Waals surface area (Å²) in [5, 5.41) is 0. The maximum atomic E-state index is 11.2. The van der Waals surface area contributed by atoms with E-state index in [1.165, 1.54) is 6.92 Å². The molecule has 0 spiro atoms. The molecule has 0 aliphatic heterocycles. The van der Waals surface area contributed by atoms with E-state index in [0.717, 1.165) is 0 Å². The molecule has 6 nitrogen and oxygen atoms in total. The number of esters is 1. The Kier molecular flexibility index (Phi) is 6.05. The predicted molar refractivity (Wildman–Crippen MR) is 53.0 cm³/mol. The van der Waals surface area contributed by atoms with Crippen LogP contribution in [0.2, 0.25) is 0 Å². The zero-order valence-corrected chi connectivity index (χ0v) is 9.94. The lowest BCUT2D eigenvalue weighted by Crippen LogP contribution is -2.21. The first-order valence-corrected chi connectivity index (χ1v) is 6.20. The standard InChI is InChI=1S/C8H17O6P/c1-4-6(2)8(9)13-5-7(3)14-15(10,11)12/h6-7H,4-5H2,1-3H3,(H2,10,11,12). The van der Waals surface area contributed by atoms with Crippen LogP contribution in [-0.2, 0) is 18.6 Å². The van der Waals surface area contributed by atoms with Crippen LogP contribution in [0, 0.1) is 5.92 Å². The highest BCUT2D eigenvalue weighted by Crippen LogP contribution is 2.37. The van der Waals surface area contributed by atoms with Gasteiger partial charge in [0.2, 0.25) is 0 Å². The first kappa shape index (κ1) is 14.6. The van der Waals surface area contributed by atoms with Gasteiger partial charge in [-0.1, -0.05) is 13.8 Å². The summed E-state index contributed by atoms with van der Waals surface area (Å²) in [6.07, 6.45) is -0.161. The van der Waals surface area contributed by atoms with Gasteiger partial charge >= 0.3 is 13.8 Å². The molecule has 0 fully saturated rings. The van der Waals surface area contributed by atoms with Gasteiger partial charge in [-0.3, -0.25) is 9.32 Å². The highest BCUT2D eigenvalue weighted by Gasteiger charge is 2.20. The molecular weight excluding hydrogens is 223 g/mol. The van der Waals surface area contributed by atoms with Crippen LogP contribution >= 0.6 is 7.82 Å². The summed E-state index contributed by atoms with van der Waals surface area (Å²) in [6.45, 7) is 4.83. The van der Waals surface area contributed by atoms with E-state index >= 15 is 0 Å². The molecule has 2 atom stereocenters. The Hall–Kier alpha value is -0.420. The molecule has 0 saturated heterocycles. The van der Waals surface area contributed by atoms with Crippen molar-refractivity contribution in [2.45, 2.75) is 33.3 Å². The summed E-state index contributed by atoms with van der Waals surface area (Å²) < 4.78 is 19.5. The molecule has 0 aliphatic carbocycles. The molecule has 15 heavy (non-hydrogen) atoms. The molecular formula is C8H17O6P. The zero-order valence-electron chi connectivity index (χ0n) is 9.04. The topological polar surface area (TPSA) is 93.1 Å². The minimum Gasteiger partial charge on any atom is -0.463 e. The van der Waals surface area contributed by atoms with Crippen LogP contribution < -0.4 is 0 Å². The molecule has 0 rings (SSSR count). The Morgan fingerprint density at radius 2 is 1.93 bits per heavy atom. The van der Waals surface area contributed by atoms with Gasteiger partial charge in [-0.05, 0) is 13.3 Å². The molecule has 90 valence electrons. The van der Waals surface area contributed by atoms with Gasteiger partial charge in [0, 0.05) is 0 Å². The summed E-state index contributed by atoms with van der Waals surface area (Å²) in [5.74, 6) is -0.606. The van der Waals surface area contributed by atoms with E-state index in [-0.39, 0.29) is 12.5 Å². The number of hydrogen-bond donors (Lipinski definition) is 2. The average Bonchev–Trinajstić information content (AvgIpc) is 2.10. The van der Waals surface area contributed by atoms with Gasteiger partial charge in [0.1, 0.15) is 12.7 Å². The maximum Gasteiger partial charge on any atom is 0.469 e. The number of phosphoric ester groups is 1. The number of rotatable bonds is 6. The van der Waals surface area contributed by atoms with E-state index in [4.69, 9.17) is 14.5 Å². The van der Waals surface area contributed by atoms with Crippen LogP contribution in [0.3, 0.4) is 0 Å². The largest absolute Gasteiger partial charge is 0.469 e. The van der Waals surface area contributed by atoms with Gasteiger partial charge in [0.25, 0.3) is 0 Å². The number of hydrogen-bond acceptors (Lipinski definition) is 4. The number of carbonyl (C=O) groups excluding carboxylic acids is 1. The molecule has 0 aromatic rings. The van der Waals surface area contributed by atoms with Gasteiger partial charge in [0.15, 0.2) is 0 Å². The van der Waals surface area contributed by atoms with Crippen molar-refractivity contribution in [2.24, 2.45) is 5.92 Å². The Morgan fingerprint density at radius 3 is 2.33 bits per heavy atom. The highest BCUT2D eigenvalue weighted by atomic mass is 31.2. The molecule has 0 bridgehead atoms. The first-order valence-electron chi connectivity index (χ1n) is 4.66. The van der Waals surface area contributed by atoms with Crippen molar-refractivity contribution in [1.29, 1.82) is 0 Å². The Balaban J connectivity index is 3.86. The quantitative estimate of drug-likeness (QED) is 0.533. The smallest absolute Gasteiger partial charge is 0.463 e. The van der Waals surface area contributed by atoms with Crippen molar-refractivity contribution in [2.75, 3.05) is 6.61 Å². The van der Waals surface area contributed by atoms with Crippen molar-refractivity contribution in [3.8, 4) is 0 Å². The van der Waals surface area contributed by atoms with Crippen molar-refractivity contribution < 1.29 is 28.4 Å². The molecule has 0 aromatic carbocycles. The van der Waals surface area contributed by atoms with E-state index in [2.05, 4.69) is 4.52 Å². The molecule has 2 N–H and O–H groups in total. The summed E-state index contributed by atoms with van der Waals surface area (Å²) in [4.78, 5) is 28.1. The Labute approximate surface area is 88.8 Å². The number of ether oxygens (including phenoxy) is 1. The van der Waals surface area contributed by atoms with Crippen LogP contribution in [-0.4, -0.2) is 28.5 Å². The summed E-state index contributed by atoms with van der Waals surface area (Å²) >= 11 is 0. The molecule has 0 aromatic heterocycles. The summed E-state index contributed by atoms with van der Waals surface area (Å²) in [6, 6.07) is 0. The number of phosphoric acid groups is 1. The highest BCUT2D eigenvalue weighted by molar-refractivity contribution is 7.46. The second-order valence-corrected chi connectivity index (χ2v) is 4.54. The van der Waals surface area contributed by atoms with Crippen LogP contribution in [0.25, 0.3) is 0 Å². The molecule has 7 heteroatoms. The van der Waals surface area contributed by atoms with Crippen LogP contribution in [0.1, 0.15) is 27.2 Å². The lowest BCUT2D eigenvalue weighted by Gasteiger charge is -2.15. The summed E-state index contributed by atoms with van der Waals surface area (Å²) in [7, 11) is -4.50. The van der Waals surface area contributed by atoms with Crippen LogP contribution in [0.5, 0.6) is 0 Å². The average molecular weight is 240 g/mol. The van der Waals surface area contributed by atoms with Gasteiger partial charge in [-0.15, -0.1) is 0 Å². The first-order chi connectivity index (χ1) is 6.76. The van der Waals surface area contributed by atoms with Gasteiger partial charge < -0.3 is 14.5 Å². The van der Waals surface area contributed by atoms with Crippen molar-refractivity contribution in [3.63, 3.8) is 0 Å². The zero-order chi connectivity index (χ0) is 12.1. The minimum atomic E-state index is -4.50.